The van der Waals surface area contributed by atoms with E-state index >= 15 is 0 Å². The van der Waals surface area contributed by atoms with Gasteiger partial charge in [0.1, 0.15) is 11.6 Å². The number of aromatic amines is 2. The van der Waals surface area contributed by atoms with Crippen molar-refractivity contribution in [3.63, 3.8) is 0 Å². The van der Waals surface area contributed by atoms with Gasteiger partial charge in [-0.3, -0.25) is 29.9 Å². The molecule has 0 spiro atoms. The Morgan fingerprint density at radius 3 is 2.51 bits per heavy atom. The number of methoxy groups -OCH3 is 2. The summed E-state index contributed by atoms with van der Waals surface area (Å²) in [5.41, 5.74) is 1.36. The zero-order valence-corrected chi connectivity index (χ0v) is 18.9. The van der Waals surface area contributed by atoms with Crippen LogP contribution in [-0.4, -0.2) is 40.2 Å². The lowest BCUT2D eigenvalue weighted by Gasteiger charge is -2.34. The molecule has 11 nitrogen and oxygen atoms in total. The van der Waals surface area contributed by atoms with Gasteiger partial charge >= 0.3 is 0 Å². The van der Waals surface area contributed by atoms with Crippen LogP contribution >= 0.6 is 0 Å². The molecule has 180 valence electrons. The minimum absolute atomic E-state index is 0.123. The first-order valence-electron chi connectivity index (χ1n) is 10.8. The van der Waals surface area contributed by atoms with Gasteiger partial charge in [-0.15, -0.1) is 0 Å². The van der Waals surface area contributed by atoms with E-state index in [-0.39, 0.29) is 40.7 Å². The van der Waals surface area contributed by atoms with Gasteiger partial charge < -0.3 is 19.9 Å². The fraction of sp³-hybridized carbons (Fsp3) is 0.250. The average Bonchev–Trinajstić information content (AvgIpc) is 3.22. The van der Waals surface area contributed by atoms with Gasteiger partial charge in [0.25, 0.3) is 11.2 Å². The molecule has 0 saturated heterocycles. The van der Waals surface area contributed by atoms with E-state index in [1.165, 1.54) is 25.3 Å². The van der Waals surface area contributed by atoms with Gasteiger partial charge in [-0.1, -0.05) is 6.07 Å². The number of anilines is 1. The molecule has 0 radical (unpaired) electrons. The molecule has 3 aromatic rings. The van der Waals surface area contributed by atoms with Crippen molar-refractivity contribution < 1.29 is 24.3 Å². The molecule has 2 atom stereocenters. The number of aromatic nitrogens is 2. The number of ketones is 1. The van der Waals surface area contributed by atoms with Crippen molar-refractivity contribution in [3.8, 4) is 17.2 Å². The van der Waals surface area contributed by atoms with Crippen molar-refractivity contribution in [1.82, 2.24) is 10.2 Å². The van der Waals surface area contributed by atoms with Crippen LogP contribution < -0.4 is 20.3 Å². The van der Waals surface area contributed by atoms with Crippen LogP contribution in [-0.2, 0) is 4.79 Å². The molecule has 1 aliphatic carbocycles. The number of benzene rings is 2. The van der Waals surface area contributed by atoms with Gasteiger partial charge in [-0.2, -0.15) is 0 Å². The molecule has 5 rings (SSSR count). The van der Waals surface area contributed by atoms with E-state index in [4.69, 9.17) is 9.47 Å². The number of phenolic OH excluding ortho intramolecular Hbond substituents is 1. The zero-order valence-electron chi connectivity index (χ0n) is 18.9. The maximum atomic E-state index is 13.6. The lowest BCUT2D eigenvalue weighted by atomic mass is 9.72. The Morgan fingerprint density at radius 1 is 1.03 bits per heavy atom. The standard InChI is InChI=1S/C24H22N4O7/c1-34-18-6-3-11(9-19(18)35-2)12-7-15-21(17(30)8-12)20(22-23(25-15)26-27-24(22)31)14-10-13(28(32)33)4-5-16(14)29/h3-6,9-10,12,20,29H,7-8H2,1-2H3,(H3,25,26,27,31)/t12-,20-/m0/s1. The smallest absolute Gasteiger partial charge is 0.270 e. The second-order valence-electron chi connectivity index (χ2n) is 8.46. The molecule has 0 fully saturated rings. The topological polar surface area (TPSA) is 160 Å². The van der Waals surface area contributed by atoms with E-state index in [0.29, 0.717) is 35.0 Å². The lowest BCUT2D eigenvalue weighted by molar-refractivity contribution is -0.384. The van der Waals surface area contributed by atoms with Gasteiger partial charge in [0.15, 0.2) is 17.3 Å². The largest absolute Gasteiger partial charge is 0.508 e. The maximum absolute atomic E-state index is 13.6. The number of aromatic hydroxyl groups is 1. The highest BCUT2D eigenvalue weighted by Crippen LogP contribution is 2.49. The molecule has 2 heterocycles. The molecular weight excluding hydrogens is 456 g/mol. The number of nitrogens with zero attached hydrogens (tertiary/aromatic N) is 1. The Bertz CT molecular complexity index is 1450. The molecule has 0 unspecified atom stereocenters. The summed E-state index contributed by atoms with van der Waals surface area (Å²) in [6.07, 6.45) is 0.593. The normalized spacial score (nSPS) is 19.0. The van der Waals surface area contributed by atoms with Crippen LogP contribution in [0, 0.1) is 10.1 Å². The van der Waals surface area contributed by atoms with E-state index in [2.05, 4.69) is 15.5 Å². The molecule has 35 heavy (non-hydrogen) atoms. The van der Waals surface area contributed by atoms with Crippen molar-refractivity contribution in [2.45, 2.75) is 24.7 Å². The summed E-state index contributed by atoms with van der Waals surface area (Å²) >= 11 is 0. The van der Waals surface area contributed by atoms with Gasteiger partial charge in [-0.05, 0) is 36.1 Å². The Balaban J connectivity index is 1.63. The molecule has 0 bridgehead atoms. The summed E-state index contributed by atoms with van der Waals surface area (Å²) in [5, 5.41) is 30.4. The Morgan fingerprint density at radius 2 is 1.80 bits per heavy atom. The number of hydrogen-bond donors (Lipinski definition) is 4. The number of H-pyrrole nitrogens is 2. The number of Topliss-reactive ketones (excluding diaryl/α,β-unsaturated/α-hetero) is 1. The van der Waals surface area contributed by atoms with Crippen molar-refractivity contribution in [2.24, 2.45) is 0 Å². The number of phenols is 1. The Labute approximate surface area is 198 Å². The average molecular weight is 478 g/mol. The van der Waals surface area contributed by atoms with E-state index in [0.717, 1.165) is 5.56 Å². The molecule has 2 aromatic carbocycles. The number of allylic oxidation sites excluding steroid dienone is 2. The number of non-ortho nitro benzene ring substituents is 1. The molecule has 0 saturated carbocycles. The Kier molecular flexibility index (Phi) is 5.31. The quantitative estimate of drug-likeness (QED) is 0.321. The van der Waals surface area contributed by atoms with Crippen molar-refractivity contribution in [1.29, 1.82) is 0 Å². The number of ether oxygens (including phenoxy) is 2. The maximum Gasteiger partial charge on any atom is 0.270 e. The summed E-state index contributed by atoms with van der Waals surface area (Å²) in [7, 11) is 3.08. The highest BCUT2D eigenvalue weighted by molar-refractivity contribution is 6.01. The molecule has 1 aromatic heterocycles. The van der Waals surface area contributed by atoms with Crippen LogP contribution in [0.5, 0.6) is 17.2 Å². The second kappa shape index (κ2) is 8.35. The molecule has 0 amide bonds. The van der Waals surface area contributed by atoms with Crippen LogP contribution in [0.25, 0.3) is 0 Å². The third kappa shape index (κ3) is 3.61. The minimum Gasteiger partial charge on any atom is -0.508 e. The SMILES string of the molecule is COc1ccc([C@@H]2CC(=O)C3=C(C2)Nc2[nH][nH]c(=O)c2[C@H]3c2cc([N+](=O)[O-])ccc2O)cc1OC. The predicted molar refractivity (Wildman–Crippen MR) is 125 cm³/mol. The fourth-order valence-corrected chi connectivity index (χ4v) is 4.96. The monoisotopic (exact) mass is 478 g/mol. The van der Waals surface area contributed by atoms with Crippen molar-refractivity contribution in [2.75, 3.05) is 19.5 Å². The highest BCUT2D eigenvalue weighted by Gasteiger charge is 2.42. The lowest BCUT2D eigenvalue weighted by Crippen LogP contribution is -2.31. The summed E-state index contributed by atoms with van der Waals surface area (Å²) in [5.74, 6) is -0.132. The summed E-state index contributed by atoms with van der Waals surface area (Å²) in [6.45, 7) is 0. The summed E-state index contributed by atoms with van der Waals surface area (Å²) < 4.78 is 10.7. The first-order chi connectivity index (χ1) is 16.8. The zero-order chi connectivity index (χ0) is 24.9. The number of nitro groups is 1. The molecule has 1 aliphatic heterocycles. The van der Waals surface area contributed by atoms with Gasteiger partial charge in [0.05, 0.1) is 30.6 Å². The molecular formula is C24H22N4O7. The number of fused-ring (bicyclic) bond motifs is 1. The summed E-state index contributed by atoms with van der Waals surface area (Å²) in [6, 6.07) is 9.07. The van der Waals surface area contributed by atoms with Crippen LogP contribution in [0.3, 0.4) is 0 Å². The van der Waals surface area contributed by atoms with Gasteiger partial charge in [0.2, 0.25) is 0 Å². The van der Waals surface area contributed by atoms with Crippen molar-refractivity contribution >= 4 is 17.3 Å². The fourth-order valence-electron chi connectivity index (χ4n) is 4.96. The molecule has 11 heteroatoms. The number of carbonyl (C=O) groups excluding carboxylic acids is 1. The minimum atomic E-state index is -0.963. The van der Waals surface area contributed by atoms with Crippen LogP contribution in [0.15, 0.2) is 52.5 Å². The van der Waals surface area contributed by atoms with Crippen molar-refractivity contribution in [3.05, 3.63) is 84.8 Å². The third-order valence-electron chi connectivity index (χ3n) is 6.59. The third-order valence-corrected chi connectivity index (χ3v) is 6.59. The number of nitrogens with one attached hydrogen (secondary N) is 3. The number of carbonyl (C=O) groups is 1. The van der Waals surface area contributed by atoms with E-state index in [1.807, 2.05) is 12.1 Å². The van der Waals surface area contributed by atoms with Gasteiger partial charge in [-0.25, -0.2) is 0 Å². The van der Waals surface area contributed by atoms with E-state index in [9.17, 15) is 24.8 Å². The van der Waals surface area contributed by atoms with E-state index in [1.54, 1.807) is 13.2 Å². The number of rotatable bonds is 5. The van der Waals surface area contributed by atoms with Crippen LogP contribution in [0.2, 0.25) is 0 Å². The van der Waals surface area contributed by atoms with Crippen LogP contribution in [0.4, 0.5) is 11.5 Å². The van der Waals surface area contributed by atoms with Crippen LogP contribution in [0.1, 0.15) is 41.4 Å². The molecule has 4 N–H and O–H groups in total. The first kappa shape index (κ1) is 22.3. The van der Waals surface area contributed by atoms with Gasteiger partial charge in [0, 0.05) is 35.4 Å². The first-order valence-corrected chi connectivity index (χ1v) is 10.8. The highest BCUT2D eigenvalue weighted by atomic mass is 16.6. The second-order valence-corrected chi connectivity index (χ2v) is 8.46. The Hall–Kier alpha value is -4.54. The number of nitro benzene ring substituents is 1. The number of hydrogen-bond acceptors (Lipinski definition) is 8. The molecule has 2 aliphatic rings. The van der Waals surface area contributed by atoms with E-state index < -0.39 is 16.4 Å². The predicted octanol–water partition coefficient (Wildman–Crippen LogP) is 3.29. The summed E-state index contributed by atoms with van der Waals surface area (Å²) in [4.78, 5) is 37.0.